The Labute approximate surface area is 175 Å². The monoisotopic (exact) mass is 430 g/mol. The Bertz CT molecular complexity index is 1150. The average Bonchev–Trinajstić information content (AvgIpc) is 3.21. The number of nitrogens with zero attached hydrogens (tertiary/aromatic N) is 2. The summed E-state index contributed by atoms with van der Waals surface area (Å²) < 4.78 is 41.9. The third-order valence-electron chi connectivity index (χ3n) is 4.36. The number of rotatable bonds is 7. The first-order valence-electron chi connectivity index (χ1n) is 9.01. The molecule has 0 atom stereocenters. The van der Waals surface area contributed by atoms with Crippen molar-refractivity contribution in [1.29, 1.82) is 0 Å². The third-order valence-corrected chi connectivity index (χ3v) is 6.20. The van der Waals surface area contributed by atoms with Gasteiger partial charge in [0, 0.05) is 19.7 Å². The molecule has 0 amide bonds. The fraction of sp³-hybridized carbons (Fsp3) is 0.238. The van der Waals surface area contributed by atoms with E-state index in [9.17, 15) is 13.2 Å². The maximum atomic E-state index is 12.5. The molecule has 2 aromatic carbocycles. The minimum absolute atomic E-state index is 0.0819. The van der Waals surface area contributed by atoms with E-state index in [4.69, 9.17) is 13.9 Å². The van der Waals surface area contributed by atoms with Crippen molar-refractivity contribution in [3.8, 4) is 17.2 Å². The lowest BCUT2D eigenvalue weighted by atomic mass is 10.1. The molecule has 0 fully saturated rings. The number of methoxy groups -OCH3 is 1. The number of aromatic nitrogens is 1. The molecule has 0 saturated carbocycles. The van der Waals surface area contributed by atoms with Gasteiger partial charge in [0.05, 0.1) is 12.7 Å². The number of benzene rings is 2. The van der Waals surface area contributed by atoms with Crippen LogP contribution in [0.2, 0.25) is 0 Å². The van der Waals surface area contributed by atoms with Crippen LogP contribution in [0.5, 0.6) is 5.75 Å². The quantitative estimate of drug-likeness (QED) is 0.531. The van der Waals surface area contributed by atoms with Gasteiger partial charge < -0.3 is 13.9 Å². The molecule has 0 aliphatic rings. The van der Waals surface area contributed by atoms with Crippen LogP contribution in [0.15, 0.2) is 58.0 Å². The number of aryl methyl sites for hydroxylation is 1. The summed E-state index contributed by atoms with van der Waals surface area (Å²) in [5.41, 5.74) is 2.45. The molecule has 0 aliphatic carbocycles. The van der Waals surface area contributed by atoms with E-state index in [1.54, 1.807) is 0 Å². The first-order chi connectivity index (χ1) is 14.2. The molecule has 0 saturated heterocycles. The van der Waals surface area contributed by atoms with E-state index in [1.165, 1.54) is 45.7 Å². The second kappa shape index (κ2) is 8.68. The van der Waals surface area contributed by atoms with E-state index in [-0.39, 0.29) is 22.8 Å². The Hall–Kier alpha value is -3.17. The number of hydrogen-bond acceptors (Lipinski definition) is 7. The molecule has 158 valence electrons. The lowest BCUT2D eigenvalue weighted by Crippen LogP contribution is -2.23. The summed E-state index contributed by atoms with van der Waals surface area (Å²) in [5, 5.41) is 0. The van der Waals surface area contributed by atoms with E-state index in [1.807, 2.05) is 31.2 Å². The van der Waals surface area contributed by atoms with Crippen LogP contribution in [-0.4, -0.2) is 44.9 Å². The SMILES string of the molecule is COc1ccc(C(=O)OCc2coc(-c3ccc(C)cc3)n2)cc1S(=O)(=O)N(C)C. The molecule has 0 bridgehead atoms. The Morgan fingerprint density at radius 2 is 1.83 bits per heavy atom. The molecular weight excluding hydrogens is 408 g/mol. The number of hydrogen-bond donors (Lipinski definition) is 0. The first kappa shape index (κ1) is 21.5. The van der Waals surface area contributed by atoms with Gasteiger partial charge in [-0.3, -0.25) is 0 Å². The van der Waals surface area contributed by atoms with Crippen molar-refractivity contribution in [1.82, 2.24) is 9.29 Å². The number of oxazole rings is 1. The molecule has 9 heteroatoms. The minimum Gasteiger partial charge on any atom is -0.495 e. The van der Waals surface area contributed by atoms with Crippen molar-refractivity contribution in [2.45, 2.75) is 18.4 Å². The summed E-state index contributed by atoms with van der Waals surface area (Å²) in [6, 6.07) is 11.8. The smallest absolute Gasteiger partial charge is 0.338 e. The van der Waals surface area contributed by atoms with Crippen molar-refractivity contribution in [2.24, 2.45) is 0 Å². The molecule has 3 rings (SSSR count). The molecule has 0 radical (unpaired) electrons. The van der Waals surface area contributed by atoms with Crippen LogP contribution in [0.3, 0.4) is 0 Å². The summed E-state index contributed by atoms with van der Waals surface area (Å²) in [5.74, 6) is -0.128. The van der Waals surface area contributed by atoms with Gasteiger partial charge in [0.2, 0.25) is 15.9 Å². The predicted octanol–water partition coefficient (Wildman–Crippen LogP) is 3.27. The van der Waals surface area contributed by atoms with Gasteiger partial charge in [-0.25, -0.2) is 22.5 Å². The van der Waals surface area contributed by atoms with Crippen molar-refractivity contribution < 1.29 is 27.1 Å². The summed E-state index contributed by atoms with van der Waals surface area (Å²) >= 11 is 0. The second-order valence-electron chi connectivity index (χ2n) is 6.74. The van der Waals surface area contributed by atoms with Gasteiger partial charge in [0.25, 0.3) is 0 Å². The maximum absolute atomic E-state index is 12.5. The summed E-state index contributed by atoms with van der Waals surface area (Å²) in [4.78, 5) is 16.6. The predicted molar refractivity (Wildman–Crippen MR) is 110 cm³/mol. The van der Waals surface area contributed by atoms with Gasteiger partial charge in [-0.15, -0.1) is 0 Å². The maximum Gasteiger partial charge on any atom is 0.338 e. The fourth-order valence-corrected chi connectivity index (χ4v) is 3.70. The van der Waals surface area contributed by atoms with Gasteiger partial charge in [0.15, 0.2) is 0 Å². The van der Waals surface area contributed by atoms with Crippen LogP contribution in [0.25, 0.3) is 11.5 Å². The number of carbonyl (C=O) groups is 1. The van der Waals surface area contributed by atoms with Gasteiger partial charge in [-0.05, 0) is 37.3 Å². The van der Waals surface area contributed by atoms with E-state index in [0.29, 0.717) is 11.6 Å². The van der Waals surface area contributed by atoms with E-state index in [2.05, 4.69) is 4.98 Å². The Balaban J connectivity index is 1.75. The van der Waals surface area contributed by atoms with Gasteiger partial charge in [-0.1, -0.05) is 17.7 Å². The molecular formula is C21H22N2O6S. The molecule has 8 nitrogen and oxygen atoms in total. The zero-order valence-corrected chi connectivity index (χ0v) is 17.9. The summed E-state index contributed by atoms with van der Waals surface area (Å²) in [6.45, 7) is 1.87. The van der Waals surface area contributed by atoms with Crippen LogP contribution in [0.4, 0.5) is 0 Å². The third kappa shape index (κ3) is 4.52. The van der Waals surface area contributed by atoms with Gasteiger partial charge in [-0.2, -0.15) is 0 Å². The lowest BCUT2D eigenvalue weighted by molar-refractivity contribution is 0.0467. The largest absolute Gasteiger partial charge is 0.495 e. The molecule has 0 aliphatic heterocycles. The fourth-order valence-electron chi connectivity index (χ4n) is 2.63. The molecule has 3 aromatic rings. The summed E-state index contributed by atoms with van der Waals surface area (Å²) in [6.07, 6.45) is 1.42. The van der Waals surface area contributed by atoms with Crippen molar-refractivity contribution in [3.63, 3.8) is 0 Å². The highest BCUT2D eigenvalue weighted by Gasteiger charge is 2.24. The zero-order valence-electron chi connectivity index (χ0n) is 17.1. The van der Waals surface area contributed by atoms with Crippen LogP contribution in [0.1, 0.15) is 21.6 Å². The van der Waals surface area contributed by atoms with Gasteiger partial charge in [0.1, 0.15) is 29.2 Å². The minimum atomic E-state index is -3.80. The second-order valence-corrected chi connectivity index (χ2v) is 8.86. The van der Waals surface area contributed by atoms with Crippen LogP contribution >= 0.6 is 0 Å². The number of ether oxygens (including phenoxy) is 2. The number of carbonyl (C=O) groups excluding carboxylic acids is 1. The highest BCUT2D eigenvalue weighted by atomic mass is 32.2. The van der Waals surface area contributed by atoms with Gasteiger partial charge >= 0.3 is 5.97 Å². The molecule has 0 unspecified atom stereocenters. The number of sulfonamides is 1. The van der Waals surface area contributed by atoms with Crippen LogP contribution in [-0.2, 0) is 21.4 Å². The zero-order chi connectivity index (χ0) is 21.9. The Kier molecular flexibility index (Phi) is 6.23. The van der Waals surface area contributed by atoms with Crippen molar-refractivity contribution in [3.05, 3.63) is 65.5 Å². The normalized spacial score (nSPS) is 11.5. The van der Waals surface area contributed by atoms with E-state index < -0.39 is 16.0 Å². The molecule has 0 N–H and O–H groups in total. The Morgan fingerprint density at radius 3 is 2.47 bits per heavy atom. The van der Waals surface area contributed by atoms with Crippen LogP contribution in [0, 0.1) is 6.92 Å². The van der Waals surface area contributed by atoms with Crippen LogP contribution < -0.4 is 4.74 Å². The van der Waals surface area contributed by atoms with E-state index >= 15 is 0 Å². The molecule has 1 heterocycles. The molecule has 1 aromatic heterocycles. The molecule has 30 heavy (non-hydrogen) atoms. The average molecular weight is 430 g/mol. The first-order valence-corrected chi connectivity index (χ1v) is 10.5. The molecule has 0 spiro atoms. The Morgan fingerprint density at radius 1 is 1.13 bits per heavy atom. The van der Waals surface area contributed by atoms with Crippen molar-refractivity contribution in [2.75, 3.05) is 21.2 Å². The van der Waals surface area contributed by atoms with E-state index in [0.717, 1.165) is 15.4 Å². The standard InChI is InChI=1S/C21H22N2O6S/c1-14-5-7-15(8-6-14)20-22-17(12-28-20)13-29-21(24)16-9-10-18(27-4)19(11-16)30(25,26)23(2)3/h5-12H,13H2,1-4H3. The van der Waals surface area contributed by atoms with Crippen molar-refractivity contribution >= 4 is 16.0 Å². The topological polar surface area (TPSA) is 98.9 Å². The number of esters is 1. The lowest BCUT2D eigenvalue weighted by Gasteiger charge is -2.15. The highest BCUT2D eigenvalue weighted by Crippen LogP contribution is 2.27. The highest BCUT2D eigenvalue weighted by molar-refractivity contribution is 7.89. The summed E-state index contributed by atoms with van der Waals surface area (Å²) in [7, 11) is 0.357.